The fourth-order valence-electron chi connectivity index (χ4n) is 2.08. The second-order valence-electron chi connectivity index (χ2n) is 4.37. The zero-order chi connectivity index (χ0) is 11.5. The Hall–Kier alpha value is -0.640. The van der Waals surface area contributed by atoms with Crippen molar-refractivity contribution >= 4 is 11.6 Å². The van der Waals surface area contributed by atoms with E-state index in [2.05, 4.69) is 4.98 Å². The monoisotopic (exact) mass is 240 g/mol. The van der Waals surface area contributed by atoms with Gasteiger partial charge < -0.3 is 10.5 Å². The predicted molar refractivity (Wildman–Crippen MR) is 64.4 cm³/mol. The van der Waals surface area contributed by atoms with Crippen LogP contribution in [0.5, 0.6) is 0 Å². The third-order valence-electron chi connectivity index (χ3n) is 3.09. The van der Waals surface area contributed by atoms with Crippen LogP contribution in [0.2, 0.25) is 5.02 Å². The minimum absolute atomic E-state index is 0.0115. The van der Waals surface area contributed by atoms with Crippen molar-refractivity contribution in [3.05, 3.63) is 29.0 Å². The lowest BCUT2D eigenvalue weighted by Crippen LogP contribution is -2.39. The van der Waals surface area contributed by atoms with Crippen LogP contribution in [-0.4, -0.2) is 24.2 Å². The lowest BCUT2D eigenvalue weighted by atomic mass is 10.00. The van der Waals surface area contributed by atoms with E-state index in [1.165, 1.54) is 12.8 Å². The zero-order valence-corrected chi connectivity index (χ0v) is 10.2. The quantitative estimate of drug-likeness (QED) is 0.857. The maximum absolute atomic E-state index is 6.17. The average Bonchev–Trinajstić information content (AvgIpc) is 3.07. The van der Waals surface area contributed by atoms with Crippen LogP contribution in [-0.2, 0) is 11.2 Å². The summed E-state index contributed by atoms with van der Waals surface area (Å²) in [6.07, 6.45) is 6.77. The number of hydrogen-bond donors (Lipinski definition) is 1. The van der Waals surface area contributed by atoms with Gasteiger partial charge in [0.25, 0.3) is 0 Å². The maximum atomic E-state index is 6.17. The van der Waals surface area contributed by atoms with E-state index in [-0.39, 0.29) is 12.1 Å². The largest absolute Gasteiger partial charge is 0.380 e. The third-order valence-corrected chi connectivity index (χ3v) is 3.43. The van der Waals surface area contributed by atoms with Gasteiger partial charge in [-0.2, -0.15) is 0 Å². The van der Waals surface area contributed by atoms with E-state index < -0.39 is 0 Å². The molecule has 3 nitrogen and oxygen atoms in total. The Bertz CT molecular complexity index is 355. The molecule has 1 saturated carbocycles. The lowest BCUT2D eigenvalue weighted by Gasteiger charge is -2.22. The topological polar surface area (TPSA) is 48.1 Å². The van der Waals surface area contributed by atoms with Crippen LogP contribution in [0, 0.1) is 5.92 Å². The second kappa shape index (κ2) is 5.13. The normalized spacial score (nSPS) is 19.4. The number of halogens is 1. The van der Waals surface area contributed by atoms with Gasteiger partial charge in [0.05, 0.1) is 11.1 Å². The Morgan fingerprint density at radius 2 is 2.38 bits per heavy atom. The number of aromatic nitrogens is 1. The molecular weight excluding hydrogens is 224 g/mol. The van der Waals surface area contributed by atoms with E-state index in [4.69, 9.17) is 22.1 Å². The summed E-state index contributed by atoms with van der Waals surface area (Å²) in [5.74, 6) is 0.639. The van der Waals surface area contributed by atoms with Crippen LogP contribution >= 0.6 is 11.6 Å². The predicted octanol–water partition coefficient (Wildman–Crippen LogP) is 2.03. The van der Waals surface area contributed by atoms with E-state index in [0.717, 1.165) is 12.0 Å². The van der Waals surface area contributed by atoms with Gasteiger partial charge in [0.1, 0.15) is 0 Å². The number of methoxy groups -OCH3 is 1. The first-order valence-electron chi connectivity index (χ1n) is 5.59. The molecule has 4 heteroatoms. The molecule has 2 N–H and O–H groups in total. The van der Waals surface area contributed by atoms with Gasteiger partial charge in [0.15, 0.2) is 0 Å². The van der Waals surface area contributed by atoms with Gasteiger partial charge in [-0.3, -0.25) is 4.98 Å². The fraction of sp³-hybridized carbons (Fsp3) is 0.583. The lowest BCUT2D eigenvalue weighted by molar-refractivity contribution is 0.0627. The van der Waals surface area contributed by atoms with Crippen LogP contribution in [0.4, 0.5) is 0 Å². The zero-order valence-electron chi connectivity index (χ0n) is 9.40. The van der Waals surface area contributed by atoms with Gasteiger partial charge in [-0.1, -0.05) is 11.6 Å². The van der Waals surface area contributed by atoms with Crippen molar-refractivity contribution in [2.75, 3.05) is 7.11 Å². The number of rotatable bonds is 5. The Morgan fingerprint density at radius 1 is 1.62 bits per heavy atom. The summed E-state index contributed by atoms with van der Waals surface area (Å²) in [7, 11) is 1.73. The van der Waals surface area contributed by atoms with Gasteiger partial charge in [0.2, 0.25) is 0 Å². The molecule has 88 valence electrons. The second-order valence-corrected chi connectivity index (χ2v) is 4.78. The molecule has 1 heterocycles. The average molecular weight is 241 g/mol. The van der Waals surface area contributed by atoms with Crippen molar-refractivity contribution in [3.8, 4) is 0 Å². The van der Waals surface area contributed by atoms with E-state index in [9.17, 15) is 0 Å². The minimum Gasteiger partial charge on any atom is -0.380 e. The Kier molecular flexibility index (Phi) is 3.79. The van der Waals surface area contributed by atoms with Crippen molar-refractivity contribution in [1.29, 1.82) is 0 Å². The molecule has 1 aromatic heterocycles. The van der Waals surface area contributed by atoms with Gasteiger partial charge in [-0.15, -0.1) is 0 Å². The highest BCUT2D eigenvalue weighted by molar-refractivity contribution is 6.31. The molecule has 1 aliphatic rings. The third kappa shape index (κ3) is 2.73. The molecule has 0 saturated heterocycles. The number of hydrogen-bond acceptors (Lipinski definition) is 3. The number of pyridine rings is 1. The molecule has 16 heavy (non-hydrogen) atoms. The van der Waals surface area contributed by atoms with Crippen molar-refractivity contribution in [2.24, 2.45) is 11.7 Å². The number of nitrogens with zero attached hydrogens (tertiary/aromatic N) is 1. The fourth-order valence-corrected chi connectivity index (χ4v) is 2.28. The maximum Gasteiger partial charge on any atom is 0.0753 e. The van der Waals surface area contributed by atoms with Crippen LogP contribution in [0.3, 0.4) is 0 Å². The molecule has 2 unspecified atom stereocenters. The van der Waals surface area contributed by atoms with E-state index in [1.54, 1.807) is 19.5 Å². The van der Waals surface area contributed by atoms with Crippen LogP contribution in [0.15, 0.2) is 18.5 Å². The summed E-state index contributed by atoms with van der Waals surface area (Å²) in [6.45, 7) is 0. The standard InChI is InChI=1S/C12H17ClN2O/c1-16-12(8-2-3-8)11(14)6-9-4-5-15-7-10(9)13/h4-5,7-8,11-12H,2-3,6,14H2,1H3. The molecule has 1 fully saturated rings. The van der Waals surface area contributed by atoms with Crippen molar-refractivity contribution in [2.45, 2.75) is 31.4 Å². The number of nitrogens with two attached hydrogens (primary N) is 1. The molecule has 1 aromatic rings. The Morgan fingerprint density at radius 3 is 2.94 bits per heavy atom. The Balaban J connectivity index is 2.00. The summed E-state index contributed by atoms with van der Waals surface area (Å²) >= 11 is 6.05. The van der Waals surface area contributed by atoms with Crippen molar-refractivity contribution in [1.82, 2.24) is 4.98 Å². The van der Waals surface area contributed by atoms with Gasteiger partial charge in [0, 0.05) is 25.5 Å². The van der Waals surface area contributed by atoms with E-state index >= 15 is 0 Å². The first-order chi connectivity index (χ1) is 7.72. The van der Waals surface area contributed by atoms with Crippen LogP contribution in [0.25, 0.3) is 0 Å². The summed E-state index contributed by atoms with van der Waals surface area (Å²) < 4.78 is 5.46. The SMILES string of the molecule is COC(C(N)Cc1ccncc1Cl)C1CC1. The molecule has 0 amide bonds. The van der Waals surface area contributed by atoms with Crippen LogP contribution in [0.1, 0.15) is 18.4 Å². The smallest absolute Gasteiger partial charge is 0.0753 e. The molecule has 2 atom stereocenters. The summed E-state index contributed by atoms with van der Waals surface area (Å²) in [6, 6.07) is 1.93. The molecule has 0 aliphatic heterocycles. The minimum atomic E-state index is 0.0115. The molecule has 0 radical (unpaired) electrons. The summed E-state index contributed by atoms with van der Waals surface area (Å²) in [5, 5.41) is 0.684. The van der Waals surface area contributed by atoms with Crippen molar-refractivity contribution in [3.63, 3.8) is 0 Å². The first-order valence-corrected chi connectivity index (χ1v) is 5.97. The summed E-state index contributed by atoms with van der Waals surface area (Å²) in [5.41, 5.74) is 7.21. The summed E-state index contributed by atoms with van der Waals surface area (Å²) in [4.78, 5) is 3.96. The van der Waals surface area contributed by atoms with Gasteiger partial charge in [-0.25, -0.2) is 0 Å². The molecule has 1 aliphatic carbocycles. The van der Waals surface area contributed by atoms with Gasteiger partial charge >= 0.3 is 0 Å². The number of ether oxygens (including phenoxy) is 1. The van der Waals surface area contributed by atoms with Crippen LogP contribution < -0.4 is 5.73 Å². The first kappa shape index (κ1) is 11.8. The van der Waals surface area contributed by atoms with Gasteiger partial charge in [-0.05, 0) is 36.8 Å². The highest BCUT2D eigenvalue weighted by Gasteiger charge is 2.35. The molecule has 2 rings (SSSR count). The molecule has 0 spiro atoms. The molecule has 0 aromatic carbocycles. The van der Waals surface area contributed by atoms with E-state index in [1.807, 2.05) is 6.07 Å². The van der Waals surface area contributed by atoms with E-state index in [0.29, 0.717) is 10.9 Å². The Labute approximate surface area is 101 Å². The molecular formula is C12H17ClN2O. The highest BCUT2D eigenvalue weighted by Crippen LogP contribution is 2.35. The van der Waals surface area contributed by atoms with Crippen molar-refractivity contribution < 1.29 is 4.74 Å². The molecule has 0 bridgehead atoms. The highest BCUT2D eigenvalue weighted by atomic mass is 35.5.